The first-order valence-corrected chi connectivity index (χ1v) is 6.69. The molecule has 0 spiro atoms. The van der Waals surface area contributed by atoms with Crippen LogP contribution in [-0.2, 0) is 0 Å². The van der Waals surface area contributed by atoms with Gasteiger partial charge < -0.3 is 15.0 Å². The largest absolute Gasteiger partial charge is 0.497 e. The quantitative estimate of drug-likeness (QED) is 0.780. The van der Waals surface area contributed by atoms with Crippen molar-refractivity contribution in [3.05, 3.63) is 24.3 Å². The summed E-state index contributed by atoms with van der Waals surface area (Å²) in [7, 11) is 3.70. The van der Waals surface area contributed by atoms with E-state index in [1.807, 2.05) is 31.3 Å². The average molecular weight is 261 g/mol. The number of nitrogens with zero attached hydrogens (tertiary/aromatic N) is 2. The number of methoxy groups -OCH3 is 1. The summed E-state index contributed by atoms with van der Waals surface area (Å²) in [6.45, 7) is 3.83. The first-order valence-electron chi connectivity index (χ1n) is 6.69. The number of nitriles is 1. The molecule has 0 bridgehead atoms. The lowest BCUT2D eigenvalue weighted by Crippen LogP contribution is -2.32. The average Bonchev–Trinajstić information content (AvgIpc) is 2.47. The van der Waals surface area contributed by atoms with E-state index >= 15 is 0 Å². The summed E-state index contributed by atoms with van der Waals surface area (Å²) in [6.07, 6.45) is 1.86. The molecule has 0 aliphatic rings. The zero-order valence-corrected chi connectivity index (χ0v) is 12.0. The second kappa shape index (κ2) is 8.39. The highest BCUT2D eigenvalue weighted by molar-refractivity contribution is 5.50. The number of benzene rings is 1. The van der Waals surface area contributed by atoms with Crippen LogP contribution in [0.25, 0.3) is 0 Å². The summed E-state index contributed by atoms with van der Waals surface area (Å²) in [5.74, 6) is 0.852. The molecule has 0 aromatic heterocycles. The molecule has 19 heavy (non-hydrogen) atoms. The maximum atomic E-state index is 9.07. The maximum absolute atomic E-state index is 9.07. The van der Waals surface area contributed by atoms with E-state index in [1.54, 1.807) is 7.11 Å². The van der Waals surface area contributed by atoms with Gasteiger partial charge in [-0.05, 0) is 31.5 Å². The topological polar surface area (TPSA) is 48.3 Å². The molecule has 1 rings (SSSR count). The summed E-state index contributed by atoms with van der Waals surface area (Å²) >= 11 is 0. The lowest BCUT2D eigenvalue weighted by atomic mass is 10.2. The lowest BCUT2D eigenvalue weighted by molar-refractivity contribution is 0.415. The molecule has 4 heteroatoms. The fourth-order valence-electron chi connectivity index (χ4n) is 1.83. The van der Waals surface area contributed by atoms with Crippen LogP contribution in [0.3, 0.4) is 0 Å². The Morgan fingerprint density at radius 2 is 2.26 bits per heavy atom. The molecule has 0 fully saturated rings. The van der Waals surface area contributed by atoms with E-state index in [1.165, 1.54) is 0 Å². The molecule has 4 nitrogen and oxygen atoms in total. The number of rotatable bonds is 8. The highest BCUT2D eigenvalue weighted by Crippen LogP contribution is 2.20. The molecule has 0 saturated heterocycles. The van der Waals surface area contributed by atoms with Crippen LogP contribution in [0.15, 0.2) is 24.3 Å². The van der Waals surface area contributed by atoms with Gasteiger partial charge in [0, 0.05) is 25.3 Å². The van der Waals surface area contributed by atoms with Gasteiger partial charge in [0.2, 0.25) is 0 Å². The number of anilines is 1. The molecule has 1 atom stereocenters. The molecule has 0 saturated carbocycles. The minimum absolute atomic E-state index is 0.0759. The maximum Gasteiger partial charge on any atom is 0.120 e. The molecule has 0 heterocycles. The van der Waals surface area contributed by atoms with E-state index in [-0.39, 0.29) is 6.04 Å². The van der Waals surface area contributed by atoms with Crippen molar-refractivity contribution in [1.82, 2.24) is 5.32 Å². The van der Waals surface area contributed by atoms with Crippen molar-refractivity contribution in [2.45, 2.75) is 25.8 Å². The fraction of sp³-hybridized carbons (Fsp3) is 0.533. The SMILES string of the molecule is CCCNC(C#N)CCN(C)c1cccc(OC)c1. The van der Waals surface area contributed by atoms with Crippen molar-refractivity contribution in [2.75, 3.05) is 32.1 Å². The molecule has 104 valence electrons. The van der Waals surface area contributed by atoms with E-state index in [2.05, 4.69) is 23.2 Å². The monoisotopic (exact) mass is 261 g/mol. The van der Waals surface area contributed by atoms with Gasteiger partial charge in [0.15, 0.2) is 0 Å². The summed E-state index contributed by atoms with van der Waals surface area (Å²) in [5, 5.41) is 12.3. The van der Waals surface area contributed by atoms with Gasteiger partial charge in [-0.1, -0.05) is 13.0 Å². The van der Waals surface area contributed by atoms with E-state index in [0.29, 0.717) is 0 Å². The molecule has 0 aliphatic heterocycles. The van der Waals surface area contributed by atoms with Crippen LogP contribution in [0.4, 0.5) is 5.69 Å². The van der Waals surface area contributed by atoms with Crippen LogP contribution in [0, 0.1) is 11.3 Å². The molecule has 0 aliphatic carbocycles. The fourth-order valence-corrected chi connectivity index (χ4v) is 1.83. The number of hydrogen-bond donors (Lipinski definition) is 1. The van der Waals surface area contributed by atoms with Crippen molar-refractivity contribution < 1.29 is 4.74 Å². The van der Waals surface area contributed by atoms with Crippen LogP contribution >= 0.6 is 0 Å². The Morgan fingerprint density at radius 3 is 2.89 bits per heavy atom. The van der Waals surface area contributed by atoms with Crippen LogP contribution in [0.5, 0.6) is 5.75 Å². The third kappa shape index (κ3) is 5.19. The van der Waals surface area contributed by atoms with Gasteiger partial charge in [0.05, 0.1) is 19.2 Å². The van der Waals surface area contributed by atoms with Crippen molar-refractivity contribution >= 4 is 5.69 Å². The minimum atomic E-state index is -0.0759. The highest BCUT2D eigenvalue weighted by Gasteiger charge is 2.08. The normalized spacial score (nSPS) is 11.7. The van der Waals surface area contributed by atoms with Gasteiger partial charge in [-0.2, -0.15) is 5.26 Å². The second-order valence-corrected chi connectivity index (χ2v) is 4.55. The third-order valence-electron chi connectivity index (χ3n) is 3.04. The van der Waals surface area contributed by atoms with Gasteiger partial charge >= 0.3 is 0 Å². The van der Waals surface area contributed by atoms with Gasteiger partial charge in [-0.3, -0.25) is 0 Å². The summed E-state index contributed by atoms with van der Waals surface area (Å²) in [4.78, 5) is 2.14. The number of nitrogens with one attached hydrogen (secondary N) is 1. The Hall–Kier alpha value is -1.73. The molecule has 0 radical (unpaired) electrons. The molecular formula is C15H23N3O. The second-order valence-electron chi connectivity index (χ2n) is 4.55. The Morgan fingerprint density at radius 1 is 1.47 bits per heavy atom. The van der Waals surface area contributed by atoms with Gasteiger partial charge in [-0.15, -0.1) is 0 Å². The summed E-state index contributed by atoms with van der Waals surface area (Å²) in [5.41, 5.74) is 1.10. The van der Waals surface area contributed by atoms with Crippen molar-refractivity contribution in [2.24, 2.45) is 0 Å². The van der Waals surface area contributed by atoms with Crippen molar-refractivity contribution in [1.29, 1.82) is 5.26 Å². The minimum Gasteiger partial charge on any atom is -0.497 e. The Labute approximate surface area is 116 Å². The Balaban J connectivity index is 2.49. The molecule has 1 aromatic rings. The molecule has 1 aromatic carbocycles. The van der Waals surface area contributed by atoms with Gasteiger partial charge in [0.25, 0.3) is 0 Å². The van der Waals surface area contributed by atoms with Crippen LogP contribution in [0.1, 0.15) is 19.8 Å². The van der Waals surface area contributed by atoms with Crippen molar-refractivity contribution in [3.63, 3.8) is 0 Å². The Kier molecular flexibility index (Phi) is 6.76. The van der Waals surface area contributed by atoms with Crippen molar-refractivity contribution in [3.8, 4) is 11.8 Å². The Bertz CT molecular complexity index is 414. The van der Waals surface area contributed by atoms with E-state index in [9.17, 15) is 0 Å². The van der Waals surface area contributed by atoms with Gasteiger partial charge in [-0.25, -0.2) is 0 Å². The first kappa shape index (κ1) is 15.3. The number of hydrogen-bond acceptors (Lipinski definition) is 4. The molecular weight excluding hydrogens is 238 g/mol. The van der Waals surface area contributed by atoms with Crippen LogP contribution < -0.4 is 15.0 Å². The number of ether oxygens (including phenoxy) is 1. The lowest BCUT2D eigenvalue weighted by Gasteiger charge is -2.21. The van der Waals surface area contributed by atoms with Crippen LogP contribution in [0.2, 0.25) is 0 Å². The standard InChI is InChI=1S/C15H23N3O/c1-4-9-17-13(12-16)8-10-18(2)14-6-5-7-15(11-14)19-3/h5-7,11,13,17H,4,8-10H2,1-3H3. The predicted molar refractivity (Wildman–Crippen MR) is 78.6 cm³/mol. The smallest absolute Gasteiger partial charge is 0.120 e. The zero-order chi connectivity index (χ0) is 14.1. The molecule has 1 unspecified atom stereocenters. The highest BCUT2D eigenvalue weighted by atomic mass is 16.5. The van der Waals surface area contributed by atoms with Gasteiger partial charge in [0.1, 0.15) is 5.75 Å². The summed E-state index contributed by atoms with van der Waals surface area (Å²) < 4.78 is 5.21. The first-order chi connectivity index (χ1) is 9.21. The van der Waals surface area contributed by atoms with E-state index in [0.717, 1.165) is 37.4 Å². The zero-order valence-electron chi connectivity index (χ0n) is 12.0. The summed E-state index contributed by atoms with van der Waals surface area (Å²) in [6, 6.07) is 10.2. The van der Waals surface area contributed by atoms with E-state index < -0.39 is 0 Å². The third-order valence-corrected chi connectivity index (χ3v) is 3.04. The van der Waals surface area contributed by atoms with Crippen LogP contribution in [-0.4, -0.2) is 33.3 Å². The molecule has 0 amide bonds. The van der Waals surface area contributed by atoms with E-state index in [4.69, 9.17) is 10.00 Å². The predicted octanol–water partition coefficient (Wildman–Crippen LogP) is 2.41. The molecule has 1 N–H and O–H groups in total.